The molecule has 2 aromatic rings. The number of hydrogen-bond donors (Lipinski definition) is 2. The standard InChI is InChI=1S/C14H14F2N2O3/c1-7-13(8(2)21-18-7)14(20)17-6-12(19)10-4-3-9(15)5-11(10)16/h3-5,12,19H,6H2,1-2H3,(H,17,20)/t12-/m1/s1. The van der Waals surface area contributed by atoms with Crippen molar-refractivity contribution in [3.63, 3.8) is 0 Å². The third kappa shape index (κ3) is 3.25. The zero-order chi connectivity index (χ0) is 15.6. The minimum Gasteiger partial charge on any atom is -0.386 e. The summed E-state index contributed by atoms with van der Waals surface area (Å²) < 4.78 is 31.1. The number of hydrogen-bond acceptors (Lipinski definition) is 4. The van der Waals surface area contributed by atoms with Gasteiger partial charge in [0, 0.05) is 18.2 Å². The van der Waals surface area contributed by atoms with E-state index in [0.29, 0.717) is 17.5 Å². The van der Waals surface area contributed by atoms with Gasteiger partial charge in [-0.1, -0.05) is 11.2 Å². The van der Waals surface area contributed by atoms with Gasteiger partial charge in [0.15, 0.2) is 0 Å². The SMILES string of the molecule is Cc1noc(C)c1C(=O)NC[C@@H](O)c1ccc(F)cc1F. The van der Waals surface area contributed by atoms with E-state index in [9.17, 15) is 18.7 Å². The number of amides is 1. The molecule has 0 saturated heterocycles. The van der Waals surface area contributed by atoms with E-state index in [0.717, 1.165) is 12.1 Å². The number of rotatable bonds is 4. The van der Waals surface area contributed by atoms with Gasteiger partial charge >= 0.3 is 0 Å². The molecule has 1 aromatic heterocycles. The van der Waals surface area contributed by atoms with Crippen LogP contribution in [0.3, 0.4) is 0 Å². The highest BCUT2D eigenvalue weighted by Gasteiger charge is 2.19. The van der Waals surface area contributed by atoms with Crippen LogP contribution in [0.2, 0.25) is 0 Å². The molecule has 0 spiro atoms. The maximum atomic E-state index is 13.5. The van der Waals surface area contributed by atoms with Crippen LogP contribution in [-0.2, 0) is 0 Å². The topological polar surface area (TPSA) is 75.4 Å². The van der Waals surface area contributed by atoms with Crippen molar-refractivity contribution >= 4 is 5.91 Å². The van der Waals surface area contributed by atoms with Gasteiger partial charge in [-0.3, -0.25) is 4.79 Å². The highest BCUT2D eigenvalue weighted by atomic mass is 19.1. The third-order valence-corrected chi connectivity index (χ3v) is 3.04. The smallest absolute Gasteiger partial charge is 0.256 e. The quantitative estimate of drug-likeness (QED) is 0.905. The zero-order valence-corrected chi connectivity index (χ0v) is 11.5. The van der Waals surface area contributed by atoms with Crippen molar-refractivity contribution in [3.05, 3.63) is 52.4 Å². The summed E-state index contributed by atoms with van der Waals surface area (Å²) in [4.78, 5) is 11.9. The molecular weight excluding hydrogens is 282 g/mol. The van der Waals surface area contributed by atoms with Crippen LogP contribution in [0.5, 0.6) is 0 Å². The van der Waals surface area contributed by atoms with Gasteiger partial charge in [-0.2, -0.15) is 0 Å². The second kappa shape index (κ2) is 6.01. The Morgan fingerprint density at radius 2 is 2.14 bits per heavy atom. The first kappa shape index (κ1) is 15.1. The number of carbonyl (C=O) groups is 1. The molecule has 2 rings (SSSR count). The Morgan fingerprint density at radius 1 is 1.43 bits per heavy atom. The molecule has 0 unspecified atom stereocenters. The van der Waals surface area contributed by atoms with E-state index in [1.807, 2.05) is 0 Å². The molecule has 1 atom stereocenters. The van der Waals surface area contributed by atoms with Gasteiger partial charge in [-0.25, -0.2) is 8.78 Å². The average molecular weight is 296 g/mol. The molecule has 7 heteroatoms. The molecule has 0 fully saturated rings. The van der Waals surface area contributed by atoms with Crippen LogP contribution in [0.1, 0.15) is 33.5 Å². The Labute approximate surface area is 119 Å². The fourth-order valence-electron chi connectivity index (χ4n) is 1.97. The van der Waals surface area contributed by atoms with Crippen LogP contribution < -0.4 is 5.32 Å². The van der Waals surface area contributed by atoms with Gasteiger partial charge in [0.25, 0.3) is 5.91 Å². The van der Waals surface area contributed by atoms with Gasteiger partial charge in [0.1, 0.15) is 23.0 Å². The predicted molar refractivity (Wildman–Crippen MR) is 69.6 cm³/mol. The van der Waals surface area contributed by atoms with Crippen LogP contribution in [0.25, 0.3) is 0 Å². The number of nitrogens with zero attached hydrogens (tertiary/aromatic N) is 1. The molecule has 0 aliphatic carbocycles. The lowest BCUT2D eigenvalue weighted by molar-refractivity contribution is 0.0912. The minimum atomic E-state index is -1.28. The van der Waals surface area contributed by atoms with E-state index >= 15 is 0 Å². The Balaban J connectivity index is 2.04. The summed E-state index contributed by atoms with van der Waals surface area (Å²) in [6.45, 7) is 2.98. The Hall–Kier alpha value is -2.28. The second-order valence-electron chi connectivity index (χ2n) is 4.59. The number of halogens is 2. The summed E-state index contributed by atoms with van der Waals surface area (Å²) in [6, 6.07) is 2.85. The number of carbonyl (C=O) groups excluding carboxylic acids is 1. The lowest BCUT2D eigenvalue weighted by Gasteiger charge is -2.13. The van der Waals surface area contributed by atoms with Crippen molar-refractivity contribution in [2.75, 3.05) is 6.54 Å². The summed E-state index contributed by atoms with van der Waals surface area (Å²) in [5, 5.41) is 16.0. The number of aliphatic hydroxyl groups is 1. The van der Waals surface area contributed by atoms with E-state index in [-0.39, 0.29) is 17.7 Å². The monoisotopic (exact) mass is 296 g/mol. The van der Waals surface area contributed by atoms with E-state index < -0.39 is 23.6 Å². The fraction of sp³-hybridized carbons (Fsp3) is 0.286. The lowest BCUT2D eigenvalue weighted by Crippen LogP contribution is -2.29. The number of nitrogens with one attached hydrogen (secondary N) is 1. The summed E-state index contributed by atoms with van der Waals surface area (Å²) in [5.41, 5.74) is 0.615. The Kier molecular flexibility index (Phi) is 4.32. The molecule has 0 saturated carbocycles. The summed E-state index contributed by atoms with van der Waals surface area (Å²) in [6.07, 6.45) is -1.28. The largest absolute Gasteiger partial charge is 0.386 e. The molecule has 2 N–H and O–H groups in total. The van der Waals surface area contributed by atoms with Crippen molar-refractivity contribution < 1.29 is 23.2 Å². The molecule has 0 bridgehead atoms. The van der Waals surface area contributed by atoms with Gasteiger partial charge in [0.2, 0.25) is 0 Å². The number of aryl methyl sites for hydroxylation is 2. The maximum Gasteiger partial charge on any atom is 0.256 e. The van der Waals surface area contributed by atoms with E-state index in [4.69, 9.17) is 4.52 Å². The van der Waals surface area contributed by atoms with Crippen molar-refractivity contribution in [2.45, 2.75) is 20.0 Å². The number of aliphatic hydroxyl groups excluding tert-OH is 1. The summed E-state index contributed by atoms with van der Waals surface area (Å²) in [5.74, 6) is -1.72. The van der Waals surface area contributed by atoms with Crippen molar-refractivity contribution in [1.29, 1.82) is 0 Å². The van der Waals surface area contributed by atoms with Gasteiger partial charge in [0.05, 0.1) is 11.8 Å². The highest BCUT2D eigenvalue weighted by Crippen LogP contribution is 2.18. The molecule has 5 nitrogen and oxygen atoms in total. The molecule has 21 heavy (non-hydrogen) atoms. The molecule has 1 amide bonds. The molecule has 0 aliphatic heterocycles. The molecule has 1 heterocycles. The Bertz CT molecular complexity index is 651. The van der Waals surface area contributed by atoms with Gasteiger partial charge < -0.3 is 14.9 Å². The van der Waals surface area contributed by atoms with Crippen molar-refractivity contribution in [3.8, 4) is 0 Å². The maximum absolute atomic E-state index is 13.5. The van der Waals surface area contributed by atoms with Crippen LogP contribution in [0, 0.1) is 25.5 Å². The predicted octanol–water partition coefficient (Wildman–Crippen LogP) is 2.03. The van der Waals surface area contributed by atoms with Crippen LogP contribution in [0.15, 0.2) is 22.7 Å². The first-order valence-corrected chi connectivity index (χ1v) is 6.24. The summed E-state index contributed by atoms with van der Waals surface area (Å²) in [7, 11) is 0. The van der Waals surface area contributed by atoms with Crippen molar-refractivity contribution in [2.24, 2.45) is 0 Å². The van der Waals surface area contributed by atoms with E-state index in [1.54, 1.807) is 13.8 Å². The van der Waals surface area contributed by atoms with E-state index in [1.165, 1.54) is 0 Å². The molecular formula is C14H14F2N2O3. The minimum absolute atomic E-state index is 0.0875. The number of aromatic nitrogens is 1. The molecule has 1 aromatic carbocycles. The molecule has 112 valence electrons. The fourth-order valence-corrected chi connectivity index (χ4v) is 1.97. The van der Waals surface area contributed by atoms with Crippen LogP contribution >= 0.6 is 0 Å². The highest BCUT2D eigenvalue weighted by molar-refractivity contribution is 5.96. The summed E-state index contributed by atoms with van der Waals surface area (Å²) >= 11 is 0. The van der Waals surface area contributed by atoms with Crippen LogP contribution in [0.4, 0.5) is 8.78 Å². The average Bonchev–Trinajstić information content (AvgIpc) is 2.75. The van der Waals surface area contributed by atoms with Gasteiger partial charge in [-0.15, -0.1) is 0 Å². The number of benzene rings is 1. The lowest BCUT2D eigenvalue weighted by atomic mass is 10.1. The normalized spacial score (nSPS) is 12.2. The third-order valence-electron chi connectivity index (χ3n) is 3.04. The molecule has 0 radical (unpaired) electrons. The second-order valence-corrected chi connectivity index (χ2v) is 4.59. The van der Waals surface area contributed by atoms with E-state index in [2.05, 4.69) is 10.5 Å². The molecule has 0 aliphatic rings. The first-order valence-electron chi connectivity index (χ1n) is 6.24. The Morgan fingerprint density at radius 3 is 2.71 bits per heavy atom. The zero-order valence-electron chi connectivity index (χ0n) is 11.5. The van der Waals surface area contributed by atoms with Gasteiger partial charge in [-0.05, 0) is 19.9 Å². The van der Waals surface area contributed by atoms with Crippen molar-refractivity contribution in [1.82, 2.24) is 10.5 Å². The first-order chi connectivity index (χ1) is 9.90. The van der Waals surface area contributed by atoms with Crippen LogP contribution in [-0.4, -0.2) is 22.7 Å².